The summed E-state index contributed by atoms with van der Waals surface area (Å²) in [6, 6.07) is 7.78. The SMILES string of the molecule is CC(C)(C)c1ccc(OC(=O)CCCC2CCN(C(=N)N)CC2)cc1. The van der Waals surface area contributed by atoms with E-state index in [-0.39, 0.29) is 17.3 Å². The van der Waals surface area contributed by atoms with E-state index in [0.29, 0.717) is 18.1 Å². The van der Waals surface area contributed by atoms with Crippen LogP contribution in [0.5, 0.6) is 5.75 Å². The number of piperidine rings is 1. The molecule has 0 amide bonds. The zero-order chi connectivity index (χ0) is 18.4. The van der Waals surface area contributed by atoms with Crippen molar-refractivity contribution in [2.24, 2.45) is 11.7 Å². The van der Waals surface area contributed by atoms with Crippen LogP contribution in [0.2, 0.25) is 0 Å². The molecule has 1 aromatic carbocycles. The number of carbonyl (C=O) groups is 1. The third-order valence-corrected chi connectivity index (χ3v) is 4.90. The average molecular weight is 345 g/mol. The highest BCUT2D eigenvalue weighted by Crippen LogP contribution is 2.25. The molecular formula is C20H31N3O2. The van der Waals surface area contributed by atoms with Gasteiger partial charge in [-0.2, -0.15) is 0 Å². The smallest absolute Gasteiger partial charge is 0.311 e. The number of rotatable bonds is 5. The van der Waals surface area contributed by atoms with Gasteiger partial charge in [0.2, 0.25) is 0 Å². The van der Waals surface area contributed by atoms with Gasteiger partial charge in [-0.25, -0.2) is 0 Å². The maximum atomic E-state index is 12.0. The summed E-state index contributed by atoms with van der Waals surface area (Å²) >= 11 is 0. The Morgan fingerprint density at radius 1 is 1.24 bits per heavy atom. The van der Waals surface area contributed by atoms with Crippen molar-refractivity contribution in [2.75, 3.05) is 13.1 Å². The molecule has 0 spiro atoms. The molecule has 3 N–H and O–H groups in total. The Balaban J connectivity index is 1.68. The molecule has 1 saturated heterocycles. The molecule has 0 aromatic heterocycles. The second-order valence-electron chi connectivity index (χ2n) is 7.96. The maximum absolute atomic E-state index is 12.0. The molecule has 0 atom stereocenters. The van der Waals surface area contributed by atoms with Crippen molar-refractivity contribution in [3.8, 4) is 5.75 Å². The first-order valence-corrected chi connectivity index (χ1v) is 9.16. The van der Waals surface area contributed by atoms with Crippen molar-refractivity contribution < 1.29 is 9.53 Å². The molecule has 0 bridgehead atoms. The number of hydrogen-bond donors (Lipinski definition) is 2. The van der Waals surface area contributed by atoms with Crippen LogP contribution in [0.25, 0.3) is 0 Å². The van der Waals surface area contributed by atoms with Crippen LogP contribution in [0.1, 0.15) is 58.4 Å². The van der Waals surface area contributed by atoms with Crippen LogP contribution < -0.4 is 10.5 Å². The quantitative estimate of drug-likeness (QED) is 0.369. The molecular weight excluding hydrogens is 314 g/mol. The Morgan fingerprint density at radius 2 is 1.84 bits per heavy atom. The minimum Gasteiger partial charge on any atom is -0.427 e. The van der Waals surface area contributed by atoms with Crippen LogP contribution in [0.3, 0.4) is 0 Å². The van der Waals surface area contributed by atoms with Crippen molar-refractivity contribution in [1.82, 2.24) is 4.90 Å². The number of esters is 1. The normalized spacial score (nSPS) is 15.9. The fourth-order valence-corrected chi connectivity index (χ4v) is 3.20. The maximum Gasteiger partial charge on any atom is 0.311 e. The van der Waals surface area contributed by atoms with Gasteiger partial charge < -0.3 is 15.4 Å². The molecule has 0 unspecified atom stereocenters. The number of likely N-dealkylation sites (tertiary alicyclic amines) is 1. The lowest BCUT2D eigenvalue weighted by Gasteiger charge is -2.32. The van der Waals surface area contributed by atoms with E-state index in [1.165, 1.54) is 5.56 Å². The summed E-state index contributed by atoms with van der Waals surface area (Å²) in [6.07, 6.45) is 4.42. The molecule has 0 aliphatic carbocycles. The average Bonchev–Trinajstić information content (AvgIpc) is 2.55. The summed E-state index contributed by atoms with van der Waals surface area (Å²) in [5.41, 5.74) is 6.83. The first kappa shape index (κ1) is 19.3. The number of carbonyl (C=O) groups excluding carboxylic acids is 1. The topological polar surface area (TPSA) is 79.4 Å². The van der Waals surface area contributed by atoms with Gasteiger partial charge in [0, 0.05) is 19.5 Å². The van der Waals surface area contributed by atoms with Crippen molar-refractivity contribution in [3.05, 3.63) is 29.8 Å². The van der Waals surface area contributed by atoms with Crippen LogP contribution in [0, 0.1) is 11.3 Å². The summed E-state index contributed by atoms with van der Waals surface area (Å²) in [7, 11) is 0. The van der Waals surface area contributed by atoms with Crippen molar-refractivity contribution in [3.63, 3.8) is 0 Å². The molecule has 0 saturated carbocycles. The van der Waals surface area contributed by atoms with Gasteiger partial charge in [-0.3, -0.25) is 10.2 Å². The molecule has 1 aromatic rings. The number of benzene rings is 1. The molecule has 2 rings (SSSR count). The minimum atomic E-state index is -0.162. The Bertz CT molecular complexity index is 582. The van der Waals surface area contributed by atoms with Crippen LogP contribution in [-0.4, -0.2) is 29.9 Å². The molecule has 0 radical (unpaired) electrons. The van der Waals surface area contributed by atoms with Gasteiger partial charge in [-0.1, -0.05) is 32.9 Å². The van der Waals surface area contributed by atoms with Crippen LogP contribution >= 0.6 is 0 Å². The summed E-state index contributed by atoms with van der Waals surface area (Å²) in [4.78, 5) is 13.9. The van der Waals surface area contributed by atoms with Gasteiger partial charge >= 0.3 is 5.97 Å². The lowest BCUT2D eigenvalue weighted by molar-refractivity contribution is -0.134. The Hall–Kier alpha value is -2.04. The number of ether oxygens (including phenoxy) is 1. The second kappa shape index (κ2) is 8.37. The summed E-state index contributed by atoms with van der Waals surface area (Å²) in [5.74, 6) is 1.24. The van der Waals surface area contributed by atoms with Gasteiger partial charge in [0.05, 0.1) is 0 Å². The van der Waals surface area contributed by atoms with E-state index < -0.39 is 0 Å². The van der Waals surface area contributed by atoms with Crippen LogP contribution in [0.15, 0.2) is 24.3 Å². The molecule has 1 aliphatic heterocycles. The predicted molar refractivity (Wildman–Crippen MR) is 101 cm³/mol. The Kier molecular flexibility index (Phi) is 6.45. The number of hydrogen-bond acceptors (Lipinski definition) is 3. The Morgan fingerprint density at radius 3 is 2.36 bits per heavy atom. The number of nitrogens with two attached hydrogens (primary N) is 1. The number of nitrogens with zero attached hydrogens (tertiary/aromatic N) is 1. The summed E-state index contributed by atoms with van der Waals surface area (Å²) in [5, 5.41) is 7.45. The summed E-state index contributed by atoms with van der Waals surface area (Å²) < 4.78 is 5.43. The van der Waals surface area contributed by atoms with Crippen molar-refractivity contribution in [1.29, 1.82) is 5.41 Å². The Labute approximate surface area is 151 Å². The molecule has 5 nitrogen and oxygen atoms in total. The highest BCUT2D eigenvalue weighted by molar-refractivity contribution is 5.74. The highest BCUT2D eigenvalue weighted by Gasteiger charge is 2.20. The first-order valence-electron chi connectivity index (χ1n) is 9.16. The second-order valence-corrected chi connectivity index (χ2v) is 7.96. The van der Waals surface area contributed by atoms with E-state index in [0.717, 1.165) is 38.8 Å². The fourth-order valence-electron chi connectivity index (χ4n) is 3.20. The van der Waals surface area contributed by atoms with Crippen LogP contribution in [-0.2, 0) is 10.2 Å². The molecule has 1 heterocycles. The van der Waals surface area contributed by atoms with E-state index in [2.05, 4.69) is 20.8 Å². The van der Waals surface area contributed by atoms with Gasteiger partial charge in [-0.05, 0) is 54.7 Å². The minimum absolute atomic E-state index is 0.0977. The standard InChI is InChI=1S/C20H31N3O2/c1-20(2,3)16-7-9-17(10-8-16)25-18(24)6-4-5-15-11-13-23(14-12-15)19(21)22/h7-10,15H,4-6,11-14H2,1-3H3,(H3,21,22). The monoisotopic (exact) mass is 345 g/mol. The van der Waals surface area contributed by atoms with Crippen LogP contribution in [0.4, 0.5) is 0 Å². The van der Waals surface area contributed by atoms with Crippen molar-refractivity contribution in [2.45, 2.75) is 58.3 Å². The zero-order valence-electron chi connectivity index (χ0n) is 15.7. The zero-order valence-corrected chi connectivity index (χ0v) is 15.7. The number of guanidine groups is 1. The molecule has 25 heavy (non-hydrogen) atoms. The number of nitrogens with one attached hydrogen (secondary N) is 1. The fraction of sp³-hybridized carbons (Fsp3) is 0.600. The third kappa shape index (κ3) is 6.07. The van der Waals surface area contributed by atoms with E-state index in [1.54, 1.807) is 0 Å². The largest absolute Gasteiger partial charge is 0.427 e. The van der Waals surface area contributed by atoms with Crippen molar-refractivity contribution >= 4 is 11.9 Å². The van der Waals surface area contributed by atoms with E-state index in [9.17, 15) is 4.79 Å². The molecule has 1 aliphatic rings. The summed E-state index contributed by atoms with van der Waals surface area (Å²) in [6.45, 7) is 8.19. The molecule has 5 heteroatoms. The van der Waals surface area contributed by atoms with Gasteiger partial charge in [0.1, 0.15) is 5.75 Å². The third-order valence-electron chi connectivity index (χ3n) is 4.90. The van der Waals surface area contributed by atoms with Gasteiger partial charge in [0.15, 0.2) is 5.96 Å². The predicted octanol–water partition coefficient (Wildman–Crippen LogP) is 3.67. The van der Waals surface area contributed by atoms with E-state index in [1.807, 2.05) is 29.2 Å². The lowest BCUT2D eigenvalue weighted by Crippen LogP contribution is -2.42. The molecule has 1 fully saturated rings. The van der Waals surface area contributed by atoms with Gasteiger partial charge in [0.25, 0.3) is 0 Å². The first-order chi connectivity index (χ1) is 11.8. The van der Waals surface area contributed by atoms with Gasteiger partial charge in [-0.15, -0.1) is 0 Å². The highest BCUT2D eigenvalue weighted by atomic mass is 16.5. The molecule has 138 valence electrons. The van der Waals surface area contributed by atoms with E-state index in [4.69, 9.17) is 15.9 Å². The van der Waals surface area contributed by atoms with E-state index >= 15 is 0 Å². The lowest BCUT2D eigenvalue weighted by atomic mass is 9.87.